The van der Waals surface area contributed by atoms with Crippen LogP contribution in [0.2, 0.25) is 0 Å². The second-order valence-electron chi connectivity index (χ2n) is 8.02. The first kappa shape index (κ1) is 22.9. The van der Waals surface area contributed by atoms with E-state index in [1.54, 1.807) is 0 Å². The fourth-order valence-corrected chi connectivity index (χ4v) is 5.61. The molecule has 0 heterocycles. The number of carboxylic acids is 1. The lowest BCUT2D eigenvalue weighted by Crippen LogP contribution is -2.17. The summed E-state index contributed by atoms with van der Waals surface area (Å²) in [6.45, 7) is 4.14. The summed E-state index contributed by atoms with van der Waals surface area (Å²) in [5, 5.41) is 18.7. The Balaban J connectivity index is 2.24. The molecule has 1 aromatic rings. The smallest absolute Gasteiger partial charge is 0.305 e. The van der Waals surface area contributed by atoms with Gasteiger partial charge in [0.15, 0.2) is 0 Å². The van der Waals surface area contributed by atoms with Gasteiger partial charge in [-0.2, -0.15) is 0 Å². The van der Waals surface area contributed by atoms with Crippen LogP contribution in [0.1, 0.15) is 60.8 Å². The Morgan fingerprint density at radius 1 is 1.29 bits per heavy atom. The zero-order valence-corrected chi connectivity index (χ0v) is 18.1. The van der Waals surface area contributed by atoms with Gasteiger partial charge in [-0.15, -0.1) is 0 Å². The lowest BCUT2D eigenvalue weighted by atomic mass is 9.83. The van der Waals surface area contributed by atoms with Gasteiger partial charge in [0, 0.05) is 12.9 Å². The minimum atomic E-state index is -3.27. The highest BCUT2D eigenvalue weighted by Crippen LogP contribution is 2.49. The number of hydrogen-bond donors (Lipinski definition) is 2. The Bertz CT molecular complexity index is 750. The van der Waals surface area contributed by atoms with E-state index >= 15 is 0 Å². The molecule has 2 atom stereocenters. The van der Waals surface area contributed by atoms with E-state index in [2.05, 4.69) is 19.1 Å². The standard InChI is InChI=1S/C22H33O5P/c1-16-11-17(2)21(19(12-16)13-18-7-5-4-6-8-18)9-10-28(26,27-3)15-20(23)14-22(24)25/h9-12,18,20,23H,4-8,13-15H2,1-3H3,(H,24,25). The van der Waals surface area contributed by atoms with Crippen molar-refractivity contribution in [2.75, 3.05) is 13.3 Å². The number of hydrogen-bond acceptors (Lipinski definition) is 4. The van der Waals surface area contributed by atoms with Crippen LogP contribution in [0.3, 0.4) is 0 Å². The maximum absolute atomic E-state index is 13.0. The summed E-state index contributed by atoms with van der Waals surface area (Å²) < 4.78 is 18.1. The fraction of sp³-hybridized carbons (Fsp3) is 0.591. The molecule has 2 N–H and O–H groups in total. The predicted molar refractivity (Wildman–Crippen MR) is 113 cm³/mol. The summed E-state index contributed by atoms with van der Waals surface area (Å²) in [5.41, 5.74) is 4.65. The molecule has 28 heavy (non-hydrogen) atoms. The molecule has 0 radical (unpaired) electrons. The minimum Gasteiger partial charge on any atom is -0.481 e. The summed E-state index contributed by atoms with van der Waals surface area (Å²) in [6.07, 6.45) is 7.43. The van der Waals surface area contributed by atoms with E-state index in [-0.39, 0.29) is 6.16 Å². The number of aryl methyl sites for hydroxylation is 2. The molecule has 156 valence electrons. The lowest BCUT2D eigenvalue weighted by molar-refractivity contribution is -0.138. The zero-order chi connectivity index (χ0) is 20.7. The average molecular weight is 408 g/mol. The van der Waals surface area contributed by atoms with Gasteiger partial charge in [-0.1, -0.05) is 49.8 Å². The summed E-state index contributed by atoms with van der Waals surface area (Å²) in [5.74, 6) is 1.09. The maximum atomic E-state index is 13.0. The van der Waals surface area contributed by atoms with E-state index < -0.39 is 25.9 Å². The molecule has 1 saturated carbocycles. The average Bonchev–Trinajstić information content (AvgIpc) is 2.61. The Morgan fingerprint density at radius 3 is 2.57 bits per heavy atom. The molecule has 2 rings (SSSR count). The molecule has 0 aliphatic heterocycles. The molecule has 1 fully saturated rings. The monoisotopic (exact) mass is 408 g/mol. The maximum Gasteiger partial charge on any atom is 0.305 e. The predicted octanol–water partition coefficient (Wildman–Crippen LogP) is 5.16. The topological polar surface area (TPSA) is 83.8 Å². The fourth-order valence-electron chi connectivity index (χ4n) is 4.12. The largest absolute Gasteiger partial charge is 0.481 e. The molecule has 1 aliphatic rings. The van der Waals surface area contributed by atoms with Crippen LogP contribution in [0, 0.1) is 19.8 Å². The van der Waals surface area contributed by atoms with Crippen molar-refractivity contribution in [2.45, 2.75) is 64.9 Å². The molecule has 0 spiro atoms. The van der Waals surface area contributed by atoms with E-state index in [9.17, 15) is 14.5 Å². The van der Waals surface area contributed by atoms with Crippen LogP contribution in [0.5, 0.6) is 0 Å². The van der Waals surface area contributed by atoms with E-state index in [4.69, 9.17) is 9.63 Å². The molecular weight excluding hydrogens is 375 g/mol. The van der Waals surface area contributed by atoms with Crippen LogP contribution < -0.4 is 0 Å². The van der Waals surface area contributed by atoms with Crippen molar-refractivity contribution < 1.29 is 24.1 Å². The Labute approximate surface area is 168 Å². The lowest BCUT2D eigenvalue weighted by Gasteiger charge is -2.23. The van der Waals surface area contributed by atoms with Crippen molar-refractivity contribution >= 4 is 19.4 Å². The number of aliphatic hydroxyl groups is 1. The van der Waals surface area contributed by atoms with Gasteiger partial charge in [0.25, 0.3) is 0 Å². The molecular formula is C22H33O5P. The van der Waals surface area contributed by atoms with Crippen molar-refractivity contribution in [2.24, 2.45) is 5.92 Å². The normalized spacial score (nSPS) is 18.9. The van der Waals surface area contributed by atoms with Crippen LogP contribution in [-0.2, 0) is 20.3 Å². The SMILES string of the molecule is COP(=O)(C=Cc1c(C)cc(C)cc1CC1CCCCC1)CC(O)CC(=O)O. The van der Waals surface area contributed by atoms with Crippen LogP contribution in [-0.4, -0.2) is 35.6 Å². The first-order valence-corrected chi connectivity index (χ1v) is 11.9. The number of carbonyl (C=O) groups is 1. The number of carboxylic acid groups (broad SMARTS) is 1. The molecule has 1 aliphatic carbocycles. The first-order chi connectivity index (χ1) is 13.2. The third kappa shape index (κ3) is 6.88. The molecule has 0 saturated heterocycles. The highest BCUT2D eigenvalue weighted by atomic mass is 31.2. The molecule has 2 unspecified atom stereocenters. The minimum absolute atomic E-state index is 0.199. The Hall–Kier alpha value is -1.42. The van der Waals surface area contributed by atoms with E-state index in [1.165, 1.54) is 56.2 Å². The van der Waals surface area contributed by atoms with E-state index in [0.717, 1.165) is 17.5 Å². The van der Waals surface area contributed by atoms with Crippen LogP contribution in [0.15, 0.2) is 17.9 Å². The van der Waals surface area contributed by atoms with Gasteiger partial charge >= 0.3 is 5.97 Å². The second-order valence-corrected chi connectivity index (χ2v) is 10.5. The van der Waals surface area contributed by atoms with Crippen molar-refractivity contribution in [3.05, 3.63) is 40.2 Å². The van der Waals surface area contributed by atoms with Crippen LogP contribution in [0.4, 0.5) is 0 Å². The zero-order valence-electron chi connectivity index (χ0n) is 17.2. The van der Waals surface area contributed by atoms with Gasteiger partial charge in [0.05, 0.1) is 18.7 Å². The summed E-state index contributed by atoms with van der Waals surface area (Å²) >= 11 is 0. The quantitative estimate of drug-likeness (QED) is 0.552. The third-order valence-electron chi connectivity index (χ3n) is 5.50. The molecule has 0 bridgehead atoms. The van der Waals surface area contributed by atoms with Gasteiger partial charge < -0.3 is 14.7 Å². The molecule has 6 heteroatoms. The summed E-state index contributed by atoms with van der Waals surface area (Å²) in [6, 6.07) is 4.32. The molecule has 5 nitrogen and oxygen atoms in total. The van der Waals surface area contributed by atoms with Crippen molar-refractivity contribution in [3.63, 3.8) is 0 Å². The van der Waals surface area contributed by atoms with Gasteiger partial charge in [0.1, 0.15) is 0 Å². The molecule has 0 aromatic heterocycles. The second kappa shape index (κ2) is 10.4. The van der Waals surface area contributed by atoms with Crippen molar-refractivity contribution in [1.82, 2.24) is 0 Å². The Morgan fingerprint density at radius 2 is 1.96 bits per heavy atom. The van der Waals surface area contributed by atoms with E-state index in [1.807, 2.05) is 13.0 Å². The number of benzene rings is 1. The summed E-state index contributed by atoms with van der Waals surface area (Å²) in [7, 11) is -1.93. The van der Waals surface area contributed by atoms with Gasteiger partial charge in [-0.3, -0.25) is 9.36 Å². The highest BCUT2D eigenvalue weighted by Gasteiger charge is 2.25. The highest BCUT2D eigenvalue weighted by molar-refractivity contribution is 7.62. The van der Waals surface area contributed by atoms with Crippen LogP contribution in [0.25, 0.3) is 6.08 Å². The number of aliphatic hydroxyl groups excluding tert-OH is 1. The number of aliphatic carboxylic acids is 1. The summed E-state index contributed by atoms with van der Waals surface area (Å²) in [4.78, 5) is 10.8. The van der Waals surface area contributed by atoms with E-state index in [0.29, 0.717) is 5.92 Å². The Kier molecular flexibility index (Phi) is 8.48. The first-order valence-electron chi connectivity index (χ1n) is 10.1. The van der Waals surface area contributed by atoms with Crippen LogP contribution >= 0.6 is 7.37 Å². The van der Waals surface area contributed by atoms with Gasteiger partial charge in [0.2, 0.25) is 7.37 Å². The van der Waals surface area contributed by atoms with Crippen molar-refractivity contribution in [1.29, 1.82) is 0 Å². The molecule has 0 amide bonds. The van der Waals surface area contributed by atoms with Gasteiger partial charge in [-0.05, 0) is 49.0 Å². The third-order valence-corrected chi connectivity index (χ3v) is 7.65. The number of rotatable bonds is 9. The molecule has 1 aromatic carbocycles. The van der Waals surface area contributed by atoms with Gasteiger partial charge in [-0.25, -0.2) is 0 Å². The van der Waals surface area contributed by atoms with Crippen molar-refractivity contribution in [3.8, 4) is 0 Å².